The number of ether oxygens (including phenoxy) is 2. The lowest BCUT2D eigenvalue weighted by Crippen LogP contribution is -2.19. The second kappa shape index (κ2) is 10.3. The van der Waals surface area contributed by atoms with E-state index in [1.54, 1.807) is 48.8 Å². The number of alkyl halides is 3. The Bertz CT molecular complexity index is 1010. The number of pyridine rings is 1. The maximum absolute atomic E-state index is 12.3. The van der Waals surface area contributed by atoms with Crippen LogP contribution in [0.4, 0.5) is 13.2 Å². The minimum absolute atomic E-state index is 0.0150. The Morgan fingerprint density at radius 2 is 1.65 bits per heavy atom. The third-order valence-corrected chi connectivity index (χ3v) is 3.95. The lowest BCUT2D eigenvalue weighted by Gasteiger charge is -2.10. The lowest BCUT2D eigenvalue weighted by atomic mass is 10.2. The summed E-state index contributed by atoms with van der Waals surface area (Å²) in [7, 11) is 0. The first-order chi connectivity index (χ1) is 14.9. The highest BCUT2D eigenvalue weighted by Crippen LogP contribution is 2.20. The van der Waals surface area contributed by atoms with Crippen LogP contribution in [0, 0.1) is 0 Å². The van der Waals surface area contributed by atoms with Crippen LogP contribution in [0.2, 0.25) is 0 Å². The second-order valence-corrected chi connectivity index (χ2v) is 6.48. The van der Waals surface area contributed by atoms with Crippen molar-refractivity contribution in [3.05, 3.63) is 89.7 Å². The highest BCUT2D eigenvalue weighted by atomic mass is 19.4. The van der Waals surface area contributed by atoms with Crippen molar-refractivity contribution in [2.75, 3.05) is 6.61 Å². The smallest absolute Gasteiger partial charge is 0.422 e. The van der Waals surface area contributed by atoms with E-state index in [-0.39, 0.29) is 18.2 Å². The molecule has 0 aliphatic rings. The Kier molecular flexibility index (Phi) is 7.31. The molecule has 31 heavy (non-hydrogen) atoms. The quantitative estimate of drug-likeness (QED) is 0.308. The van der Waals surface area contributed by atoms with E-state index in [9.17, 15) is 13.2 Å². The number of nitrogens with two attached hydrogens (primary N) is 1. The van der Waals surface area contributed by atoms with Crippen molar-refractivity contribution in [3.8, 4) is 11.5 Å². The summed E-state index contributed by atoms with van der Waals surface area (Å²) in [6.07, 6.45) is -0.995. The van der Waals surface area contributed by atoms with Crippen LogP contribution in [0.5, 0.6) is 11.5 Å². The average molecular weight is 431 g/mol. The number of rotatable bonds is 9. The minimum Gasteiger partial charge on any atom is -0.489 e. The van der Waals surface area contributed by atoms with Gasteiger partial charge in [-0.3, -0.25) is 4.98 Å². The van der Waals surface area contributed by atoms with Crippen molar-refractivity contribution in [1.82, 2.24) is 4.98 Å². The maximum atomic E-state index is 12.3. The predicted octanol–water partition coefficient (Wildman–Crippen LogP) is 4.44. The molecule has 0 aliphatic carbocycles. The largest absolute Gasteiger partial charge is 0.489 e. The first-order valence-corrected chi connectivity index (χ1v) is 9.25. The normalized spacial score (nSPS) is 11.8. The number of aromatic nitrogens is 1. The number of amidine groups is 1. The predicted molar refractivity (Wildman–Crippen MR) is 109 cm³/mol. The fraction of sp³-hybridized carbons (Fsp3) is 0.182. The van der Waals surface area contributed by atoms with E-state index in [4.69, 9.17) is 20.0 Å². The van der Waals surface area contributed by atoms with Crippen molar-refractivity contribution in [2.45, 2.75) is 19.4 Å². The first kappa shape index (κ1) is 21.9. The molecule has 0 unspecified atom stereocenters. The molecule has 1 heterocycles. The Morgan fingerprint density at radius 3 is 2.39 bits per heavy atom. The van der Waals surface area contributed by atoms with Gasteiger partial charge in [-0.1, -0.05) is 35.5 Å². The van der Waals surface area contributed by atoms with Crippen LogP contribution >= 0.6 is 0 Å². The molecule has 0 aliphatic heterocycles. The lowest BCUT2D eigenvalue weighted by molar-refractivity contribution is -0.153. The Labute approximate surface area is 177 Å². The number of nitrogens with zero attached hydrogens (tertiary/aromatic N) is 2. The third kappa shape index (κ3) is 7.54. The van der Waals surface area contributed by atoms with Crippen LogP contribution in [-0.2, 0) is 18.1 Å². The van der Waals surface area contributed by atoms with Gasteiger partial charge in [-0.05, 0) is 35.9 Å². The topological polar surface area (TPSA) is 79.0 Å². The van der Waals surface area contributed by atoms with Crippen LogP contribution in [0.1, 0.15) is 16.7 Å². The summed E-state index contributed by atoms with van der Waals surface area (Å²) in [5.74, 6) is 0.833. The van der Waals surface area contributed by atoms with Gasteiger partial charge in [-0.15, -0.1) is 0 Å². The van der Waals surface area contributed by atoms with Crippen LogP contribution in [0.15, 0.2) is 78.2 Å². The molecule has 162 valence electrons. The molecule has 0 amide bonds. The molecule has 0 saturated carbocycles. The van der Waals surface area contributed by atoms with E-state index in [2.05, 4.69) is 10.1 Å². The third-order valence-electron chi connectivity index (χ3n) is 3.95. The maximum Gasteiger partial charge on any atom is 0.422 e. The van der Waals surface area contributed by atoms with Gasteiger partial charge in [0.2, 0.25) is 0 Å². The molecule has 9 heteroatoms. The van der Waals surface area contributed by atoms with Crippen LogP contribution in [0.3, 0.4) is 0 Å². The summed E-state index contributed by atoms with van der Waals surface area (Å²) in [5, 5.41) is 3.87. The summed E-state index contributed by atoms with van der Waals surface area (Å²) in [4.78, 5) is 9.28. The van der Waals surface area contributed by atoms with E-state index in [0.717, 1.165) is 5.56 Å². The van der Waals surface area contributed by atoms with Crippen molar-refractivity contribution in [2.24, 2.45) is 10.9 Å². The van der Waals surface area contributed by atoms with Crippen LogP contribution < -0.4 is 15.2 Å². The first-order valence-electron chi connectivity index (χ1n) is 9.25. The molecular weight excluding hydrogens is 411 g/mol. The number of halogens is 3. The summed E-state index contributed by atoms with van der Waals surface area (Å²) in [5.41, 5.74) is 8.09. The molecule has 3 rings (SSSR count). The highest BCUT2D eigenvalue weighted by Gasteiger charge is 2.28. The van der Waals surface area contributed by atoms with E-state index in [1.165, 1.54) is 12.1 Å². The van der Waals surface area contributed by atoms with E-state index in [1.807, 2.05) is 12.1 Å². The highest BCUT2D eigenvalue weighted by molar-refractivity contribution is 5.97. The Balaban J connectivity index is 1.54. The second-order valence-electron chi connectivity index (χ2n) is 6.48. The Hall–Kier alpha value is -3.75. The summed E-state index contributed by atoms with van der Waals surface area (Å²) in [6.45, 7) is -0.986. The van der Waals surface area contributed by atoms with Gasteiger partial charge in [0.15, 0.2) is 12.4 Å². The van der Waals surface area contributed by atoms with E-state index in [0.29, 0.717) is 23.5 Å². The molecule has 1 aromatic heterocycles. The van der Waals surface area contributed by atoms with E-state index < -0.39 is 12.8 Å². The van der Waals surface area contributed by atoms with Crippen molar-refractivity contribution in [3.63, 3.8) is 0 Å². The molecule has 0 atom stereocenters. The zero-order valence-corrected chi connectivity index (χ0v) is 16.4. The van der Waals surface area contributed by atoms with Gasteiger partial charge < -0.3 is 20.0 Å². The number of hydrogen-bond acceptors (Lipinski definition) is 5. The average Bonchev–Trinajstić information content (AvgIpc) is 2.77. The number of hydrogen-bond donors (Lipinski definition) is 1. The SMILES string of the molecule is N/C(=N\OCc1cccc(OCC(F)(F)F)c1)c1cccc(OCc2cccnc2)c1. The molecule has 0 radical (unpaired) electrons. The van der Waals surface area contributed by atoms with Gasteiger partial charge in [-0.2, -0.15) is 13.2 Å². The molecule has 0 spiro atoms. The summed E-state index contributed by atoms with van der Waals surface area (Å²) < 4.78 is 47.2. The number of oxime groups is 1. The molecule has 0 bridgehead atoms. The van der Waals surface area contributed by atoms with Crippen LogP contribution in [0.25, 0.3) is 0 Å². The van der Waals surface area contributed by atoms with Gasteiger partial charge in [0.25, 0.3) is 0 Å². The Morgan fingerprint density at radius 1 is 0.903 bits per heavy atom. The van der Waals surface area contributed by atoms with Gasteiger partial charge in [0.1, 0.15) is 24.7 Å². The van der Waals surface area contributed by atoms with Gasteiger partial charge in [-0.25, -0.2) is 0 Å². The van der Waals surface area contributed by atoms with Gasteiger partial charge in [0.05, 0.1) is 0 Å². The molecule has 0 saturated heterocycles. The van der Waals surface area contributed by atoms with Crippen LogP contribution in [-0.4, -0.2) is 23.6 Å². The molecular formula is C22H20F3N3O3. The van der Waals surface area contributed by atoms with Crippen molar-refractivity contribution < 1.29 is 27.5 Å². The minimum atomic E-state index is -4.40. The zero-order valence-electron chi connectivity index (χ0n) is 16.4. The number of benzene rings is 2. The summed E-state index contributed by atoms with van der Waals surface area (Å²) >= 11 is 0. The van der Waals surface area contributed by atoms with E-state index >= 15 is 0 Å². The fourth-order valence-electron chi connectivity index (χ4n) is 2.51. The standard InChI is InChI=1S/C22H20F3N3O3/c23-22(24,25)15-30-19-7-1-4-16(10-19)14-31-28-21(26)18-6-2-8-20(11-18)29-13-17-5-3-9-27-12-17/h1-12H,13-15H2,(H2,26,28). The zero-order chi connectivity index (χ0) is 22.1. The molecule has 3 aromatic rings. The van der Waals surface area contributed by atoms with Gasteiger partial charge in [0, 0.05) is 23.5 Å². The van der Waals surface area contributed by atoms with Crippen molar-refractivity contribution >= 4 is 5.84 Å². The molecule has 2 aromatic carbocycles. The van der Waals surface area contributed by atoms with Crippen molar-refractivity contribution in [1.29, 1.82) is 0 Å². The fourth-order valence-corrected chi connectivity index (χ4v) is 2.51. The van der Waals surface area contributed by atoms with Gasteiger partial charge >= 0.3 is 6.18 Å². The monoisotopic (exact) mass is 431 g/mol. The molecule has 2 N–H and O–H groups in total. The summed E-state index contributed by atoms with van der Waals surface area (Å²) in [6, 6.07) is 16.9. The molecule has 6 nitrogen and oxygen atoms in total. The molecule has 0 fully saturated rings.